The lowest BCUT2D eigenvalue weighted by atomic mass is 9.99. The number of carbonyl (C=O) groups is 2. The van der Waals surface area contributed by atoms with Gasteiger partial charge in [0.25, 0.3) is 12.4 Å². The molecule has 1 amide bonds. The van der Waals surface area contributed by atoms with Crippen molar-refractivity contribution in [2.45, 2.75) is 50.6 Å². The smallest absolute Gasteiger partial charge is 0.454 e. The average molecular weight is 631 g/mol. The van der Waals surface area contributed by atoms with Crippen LogP contribution in [0.4, 0.5) is 27.6 Å². The number of nitrogens with zero attached hydrogens (tertiary/aromatic N) is 2. The Morgan fingerprint density at radius 3 is 2.47 bits per heavy atom. The highest BCUT2D eigenvalue weighted by molar-refractivity contribution is 7.92. The number of hydrogen-bond acceptors (Lipinski definition) is 6. The molecule has 2 atom stereocenters. The lowest BCUT2D eigenvalue weighted by Crippen LogP contribution is -2.52. The van der Waals surface area contributed by atoms with Crippen LogP contribution in [0.5, 0.6) is 0 Å². The van der Waals surface area contributed by atoms with Gasteiger partial charge in [0.05, 0.1) is 29.5 Å². The van der Waals surface area contributed by atoms with E-state index in [4.69, 9.17) is 4.74 Å². The number of anilines is 1. The summed E-state index contributed by atoms with van der Waals surface area (Å²) < 4.78 is 98.8. The maximum atomic E-state index is 13.7. The van der Waals surface area contributed by atoms with Crippen molar-refractivity contribution in [1.82, 2.24) is 15.2 Å². The first kappa shape index (κ1) is 32.2. The molecular weight excluding hydrogens is 599 g/mol. The number of rotatable bonds is 12. The third kappa shape index (κ3) is 6.93. The van der Waals surface area contributed by atoms with E-state index >= 15 is 0 Å². The summed E-state index contributed by atoms with van der Waals surface area (Å²) in [5.41, 5.74) is 2.56. The van der Waals surface area contributed by atoms with Gasteiger partial charge in [-0.05, 0) is 36.1 Å². The lowest BCUT2D eigenvalue weighted by molar-refractivity contribution is -0.279. The van der Waals surface area contributed by atoms with Gasteiger partial charge in [-0.2, -0.15) is 22.0 Å². The minimum absolute atomic E-state index is 0.0219. The van der Waals surface area contributed by atoms with Crippen molar-refractivity contribution in [1.29, 1.82) is 0 Å². The molecule has 234 valence electrons. The molecule has 1 aromatic heterocycles. The normalized spacial score (nSPS) is 16.4. The molecule has 1 aliphatic rings. The van der Waals surface area contributed by atoms with Gasteiger partial charge in [-0.25, -0.2) is 8.42 Å². The molecule has 43 heavy (non-hydrogen) atoms. The molecule has 0 fully saturated rings. The number of benzene rings is 2. The third-order valence-corrected chi connectivity index (χ3v) is 9.16. The molecule has 2 N–H and O–H groups in total. The van der Waals surface area contributed by atoms with E-state index < -0.39 is 53.3 Å². The number of amides is 1. The average Bonchev–Trinajstić information content (AvgIpc) is 3.28. The summed E-state index contributed by atoms with van der Waals surface area (Å²) in [5.74, 6) is -5.87. The van der Waals surface area contributed by atoms with Gasteiger partial charge in [-0.15, -0.1) is 0 Å². The molecule has 0 unspecified atom stereocenters. The fourth-order valence-corrected chi connectivity index (χ4v) is 6.18. The summed E-state index contributed by atoms with van der Waals surface area (Å²) in [6, 6.07) is 10.5. The molecule has 1 aliphatic heterocycles. The number of hydrogen-bond donors (Lipinski definition) is 2. The number of aromatic nitrogens is 1. The van der Waals surface area contributed by atoms with Crippen LogP contribution in [-0.4, -0.2) is 75.5 Å². The molecule has 4 rings (SSSR count). The Balaban J connectivity index is 1.68. The minimum atomic E-state index is -5.78. The zero-order valence-electron chi connectivity index (χ0n) is 23.3. The second kappa shape index (κ2) is 12.5. The van der Waals surface area contributed by atoms with Gasteiger partial charge >= 0.3 is 12.1 Å². The van der Waals surface area contributed by atoms with Gasteiger partial charge in [0.15, 0.2) is 0 Å². The molecule has 0 saturated carbocycles. The first-order valence-corrected chi connectivity index (χ1v) is 15.0. The van der Waals surface area contributed by atoms with Gasteiger partial charge < -0.3 is 19.9 Å². The lowest BCUT2D eigenvalue weighted by Gasteiger charge is -2.28. The summed E-state index contributed by atoms with van der Waals surface area (Å²) in [4.78, 5) is 25.0. The number of halogens is 5. The zero-order chi connectivity index (χ0) is 31.6. The van der Waals surface area contributed by atoms with Crippen LogP contribution in [0.1, 0.15) is 28.4 Å². The Hall–Kier alpha value is -3.72. The Bertz CT molecular complexity index is 1580. The number of sulfonamides is 1. The van der Waals surface area contributed by atoms with Crippen molar-refractivity contribution >= 4 is 39.0 Å². The van der Waals surface area contributed by atoms with E-state index in [1.54, 1.807) is 36.4 Å². The molecule has 3 aromatic rings. The molecule has 2 heterocycles. The maximum absolute atomic E-state index is 13.7. The van der Waals surface area contributed by atoms with Gasteiger partial charge in [0.1, 0.15) is 6.10 Å². The van der Waals surface area contributed by atoms with E-state index in [0.29, 0.717) is 22.9 Å². The fourth-order valence-electron chi connectivity index (χ4n) is 5.04. The summed E-state index contributed by atoms with van der Waals surface area (Å²) >= 11 is 0. The molecule has 0 aliphatic carbocycles. The van der Waals surface area contributed by atoms with Crippen molar-refractivity contribution in [3.8, 4) is 0 Å². The molecule has 0 spiro atoms. The highest BCUT2D eigenvalue weighted by atomic mass is 32.2. The van der Waals surface area contributed by atoms with Gasteiger partial charge in [0, 0.05) is 37.3 Å². The van der Waals surface area contributed by atoms with Crippen molar-refractivity contribution in [2.75, 3.05) is 30.2 Å². The first-order chi connectivity index (χ1) is 20.2. The molecule has 2 aromatic carbocycles. The Morgan fingerprint density at radius 2 is 1.84 bits per heavy atom. The van der Waals surface area contributed by atoms with Crippen LogP contribution < -0.4 is 14.9 Å². The van der Waals surface area contributed by atoms with E-state index in [-0.39, 0.29) is 36.4 Å². The number of ether oxygens (including phenoxy) is 1. The van der Waals surface area contributed by atoms with Crippen LogP contribution in [0.15, 0.2) is 48.7 Å². The van der Waals surface area contributed by atoms with E-state index in [2.05, 4.69) is 5.32 Å². The monoisotopic (exact) mass is 630 g/mol. The van der Waals surface area contributed by atoms with Crippen molar-refractivity contribution < 1.29 is 44.7 Å². The molecule has 0 saturated heterocycles. The third-order valence-electron chi connectivity index (χ3n) is 7.43. The van der Waals surface area contributed by atoms with Gasteiger partial charge in [-0.3, -0.25) is 13.9 Å². The molecule has 0 radical (unpaired) electrons. The zero-order valence-corrected chi connectivity index (χ0v) is 24.1. The molecular formula is C28H31F5N4O5S. The Morgan fingerprint density at radius 1 is 1.14 bits per heavy atom. The van der Waals surface area contributed by atoms with Crippen molar-refractivity contribution in [3.63, 3.8) is 0 Å². The Kier molecular flexibility index (Phi) is 9.35. The predicted molar refractivity (Wildman–Crippen MR) is 150 cm³/mol. The van der Waals surface area contributed by atoms with Crippen LogP contribution in [0.2, 0.25) is 0 Å². The molecule has 0 bridgehead atoms. The number of carbonyl (C=O) groups excluding carboxylic acids is 2. The van der Waals surface area contributed by atoms with Crippen LogP contribution in [-0.2, 0) is 38.9 Å². The SMILES string of the molecule is CCc1cn2c3c(cc(C(=O)N[C@@H](Cc4ccccc4)[C@@H](CNCC(F)(F)C(F)(F)F)OC=O)cc13)N(C)S(=O)(=O)CC2. The summed E-state index contributed by atoms with van der Waals surface area (Å²) in [6.45, 7) is -0.223. The van der Waals surface area contributed by atoms with Crippen LogP contribution in [0.25, 0.3) is 10.9 Å². The van der Waals surface area contributed by atoms with E-state index in [1.807, 2.05) is 23.0 Å². The van der Waals surface area contributed by atoms with Crippen LogP contribution >= 0.6 is 0 Å². The van der Waals surface area contributed by atoms with Crippen LogP contribution in [0, 0.1) is 0 Å². The van der Waals surface area contributed by atoms with E-state index in [1.165, 1.54) is 13.1 Å². The number of aryl methyl sites for hydroxylation is 2. The van der Waals surface area contributed by atoms with Gasteiger partial charge in [0.2, 0.25) is 10.0 Å². The molecule has 15 heteroatoms. The second-order valence-corrected chi connectivity index (χ2v) is 12.4. The van der Waals surface area contributed by atoms with E-state index in [9.17, 15) is 40.0 Å². The predicted octanol–water partition coefficient (Wildman–Crippen LogP) is 3.65. The highest BCUT2D eigenvalue weighted by Crippen LogP contribution is 2.36. The quantitative estimate of drug-likeness (QED) is 0.234. The van der Waals surface area contributed by atoms with Crippen LogP contribution in [0.3, 0.4) is 0 Å². The first-order valence-electron chi connectivity index (χ1n) is 13.4. The largest absolute Gasteiger partial charge is 0.461 e. The second-order valence-electron chi connectivity index (χ2n) is 10.2. The minimum Gasteiger partial charge on any atom is -0.461 e. The highest BCUT2D eigenvalue weighted by Gasteiger charge is 2.57. The number of alkyl halides is 5. The summed E-state index contributed by atoms with van der Waals surface area (Å²) in [7, 11) is -2.29. The Labute approximate surface area is 245 Å². The number of nitrogens with one attached hydrogen (secondary N) is 2. The fraction of sp³-hybridized carbons (Fsp3) is 0.429. The van der Waals surface area contributed by atoms with Crippen molar-refractivity contribution in [2.24, 2.45) is 0 Å². The van der Waals surface area contributed by atoms with Gasteiger partial charge in [-0.1, -0.05) is 37.3 Å². The topological polar surface area (TPSA) is 110 Å². The summed E-state index contributed by atoms with van der Waals surface area (Å²) in [5, 5.41) is 5.40. The summed E-state index contributed by atoms with van der Waals surface area (Å²) in [6.07, 6.45) is -4.65. The van der Waals surface area contributed by atoms with Crippen molar-refractivity contribution in [3.05, 3.63) is 65.4 Å². The van der Waals surface area contributed by atoms with E-state index in [0.717, 1.165) is 9.87 Å². The molecule has 9 nitrogen and oxygen atoms in total. The maximum Gasteiger partial charge on any atom is 0.454 e. The standard InChI is InChI=1S/C28H31F5N4O5S/c1-3-19-15-37-9-10-43(40,41)36(2)23-13-20(12-21(19)25(23)37)26(39)35-22(11-18-7-5-4-6-8-18)24(42-17-38)14-34-16-27(29,30)28(31,32)33/h4-8,12-13,15,17,22,24,34H,3,9-11,14,16H2,1-2H3,(H,35,39)/t22-,24+/m0/s1.